The summed E-state index contributed by atoms with van der Waals surface area (Å²) in [7, 11) is 1.71. The van der Waals surface area contributed by atoms with Gasteiger partial charge in [0.2, 0.25) is 0 Å². The van der Waals surface area contributed by atoms with Crippen molar-refractivity contribution in [3.63, 3.8) is 0 Å². The number of aromatic nitrogens is 2. The van der Waals surface area contributed by atoms with Crippen LogP contribution in [-0.2, 0) is 17.8 Å². The Hall–Kier alpha value is -1.41. The van der Waals surface area contributed by atoms with Crippen LogP contribution in [0.1, 0.15) is 17.6 Å². The lowest BCUT2D eigenvalue weighted by Gasteiger charge is -2.08. The van der Waals surface area contributed by atoms with Gasteiger partial charge in [-0.15, -0.1) is 11.3 Å². The van der Waals surface area contributed by atoms with Gasteiger partial charge in [-0.3, -0.25) is 0 Å². The second-order valence-electron chi connectivity index (χ2n) is 4.13. The zero-order valence-corrected chi connectivity index (χ0v) is 11.9. The normalized spacial score (nSPS) is 12.1. The molecule has 0 aliphatic rings. The van der Waals surface area contributed by atoms with Crippen LogP contribution in [0.15, 0.2) is 6.07 Å². The minimum absolute atomic E-state index is 0.246. The van der Waals surface area contributed by atoms with E-state index in [-0.39, 0.29) is 12.4 Å². The Morgan fingerprint density at radius 2 is 2.10 bits per heavy atom. The number of fused-ring (bicyclic) bond motifs is 1. The summed E-state index contributed by atoms with van der Waals surface area (Å²) in [6.45, 7) is 0.474. The van der Waals surface area contributed by atoms with E-state index in [1.807, 2.05) is 13.0 Å². The number of thiophene rings is 1. The van der Waals surface area contributed by atoms with Crippen molar-refractivity contribution >= 4 is 27.4 Å². The van der Waals surface area contributed by atoms with Crippen LogP contribution in [0, 0.1) is 0 Å². The topological polar surface area (TPSA) is 47.0 Å². The molecular formula is C12H14F3N3OS. The van der Waals surface area contributed by atoms with Crippen LogP contribution in [0.2, 0.25) is 0 Å². The van der Waals surface area contributed by atoms with Crippen molar-refractivity contribution in [2.24, 2.45) is 0 Å². The number of anilines is 1. The Kier molecular flexibility index (Phi) is 4.44. The maximum Gasteiger partial charge on any atom is 0.411 e. The van der Waals surface area contributed by atoms with Gasteiger partial charge >= 0.3 is 6.18 Å². The lowest BCUT2D eigenvalue weighted by atomic mass is 10.3. The molecule has 1 N–H and O–H groups in total. The summed E-state index contributed by atoms with van der Waals surface area (Å²) in [5.74, 6) is 0.854. The van der Waals surface area contributed by atoms with Crippen LogP contribution < -0.4 is 5.32 Å². The molecule has 0 radical (unpaired) electrons. The van der Waals surface area contributed by atoms with E-state index in [9.17, 15) is 13.2 Å². The largest absolute Gasteiger partial charge is 0.411 e. The predicted molar refractivity (Wildman–Crippen MR) is 72.1 cm³/mol. The molecule has 0 aliphatic carbocycles. The van der Waals surface area contributed by atoms with Gasteiger partial charge < -0.3 is 10.1 Å². The van der Waals surface area contributed by atoms with Crippen molar-refractivity contribution in [1.82, 2.24) is 9.97 Å². The summed E-state index contributed by atoms with van der Waals surface area (Å²) in [5.41, 5.74) is 0. The molecule has 2 aromatic heterocycles. The third kappa shape index (κ3) is 3.57. The first-order valence-electron chi connectivity index (χ1n) is 6.04. The number of hydrogen-bond donors (Lipinski definition) is 1. The number of aryl methyl sites for hydroxylation is 1. The number of alkyl halides is 3. The zero-order valence-electron chi connectivity index (χ0n) is 11.0. The lowest BCUT2D eigenvalue weighted by molar-refractivity contribution is -0.177. The summed E-state index contributed by atoms with van der Waals surface area (Å²) < 4.78 is 40.7. The van der Waals surface area contributed by atoms with E-state index in [1.54, 1.807) is 7.05 Å². The molecule has 0 saturated carbocycles. The van der Waals surface area contributed by atoms with Gasteiger partial charge in [0.05, 0.1) is 5.39 Å². The molecule has 0 atom stereocenters. The molecule has 4 nitrogen and oxygen atoms in total. The molecule has 0 saturated heterocycles. The number of halogens is 3. The second-order valence-corrected chi connectivity index (χ2v) is 5.25. The fourth-order valence-electron chi connectivity index (χ4n) is 1.70. The van der Waals surface area contributed by atoms with E-state index in [0.717, 1.165) is 21.5 Å². The maximum absolute atomic E-state index is 12.0. The molecule has 0 bridgehead atoms. The van der Waals surface area contributed by atoms with Crippen molar-refractivity contribution in [3.8, 4) is 0 Å². The van der Waals surface area contributed by atoms with Gasteiger partial charge in [0, 0.05) is 11.9 Å². The molecular weight excluding hydrogens is 291 g/mol. The first kappa shape index (κ1) is 15.0. The fourth-order valence-corrected chi connectivity index (χ4v) is 2.69. The highest BCUT2D eigenvalue weighted by molar-refractivity contribution is 7.18. The molecule has 0 fully saturated rings. The minimum atomic E-state index is -4.34. The fraction of sp³-hybridized carbons (Fsp3) is 0.500. The van der Waals surface area contributed by atoms with Gasteiger partial charge in [-0.1, -0.05) is 6.92 Å². The number of ether oxygens (including phenoxy) is 1. The molecule has 20 heavy (non-hydrogen) atoms. The van der Waals surface area contributed by atoms with Gasteiger partial charge in [0.25, 0.3) is 0 Å². The zero-order chi connectivity index (χ0) is 14.8. The Morgan fingerprint density at radius 3 is 2.70 bits per heavy atom. The molecule has 0 aliphatic heterocycles. The highest BCUT2D eigenvalue weighted by Crippen LogP contribution is 2.29. The Bertz CT molecular complexity index is 597. The van der Waals surface area contributed by atoms with Crippen molar-refractivity contribution < 1.29 is 17.9 Å². The molecule has 0 amide bonds. The van der Waals surface area contributed by atoms with E-state index in [1.165, 1.54) is 11.3 Å². The van der Waals surface area contributed by atoms with Crippen molar-refractivity contribution in [2.75, 3.05) is 19.0 Å². The van der Waals surface area contributed by atoms with Crippen LogP contribution in [-0.4, -0.2) is 29.8 Å². The SMILES string of the molecule is CCc1cc2c(NC)nc(COCC(F)(F)F)nc2s1. The Balaban J connectivity index is 2.21. The van der Waals surface area contributed by atoms with Crippen LogP contribution in [0.4, 0.5) is 19.0 Å². The van der Waals surface area contributed by atoms with E-state index in [0.29, 0.717) is 5.82 Å². The van der Waals surface area contributed by atoms with Gasteiger partial charge in [-0.05, 0) is 12.5 Å². The number of nitrogens with one attached hydrogen (secondary N) is 1. The lowest BCUT2D eigenvalue weighted by Crippen LogP contribution is -2.17. The van der Waals surface area contributed by atoms with Crippen LogP contribution in [0.25, 0.3) is 10.2 Å². The van der Waals surface area contributed by atoms with Crippen LogP contribution >= 0.6 is 11.3 Å². The van der Waals surface area contributed by atoms with Gasteiger partial charge in [0.15, 0.2) is 5.82 Å². The Morgan fingerprint density at radius 1 is 1.35 bits per heavy atom. The van der Waals surface area contributed by atoms with E-state index >= 15 is 0 Å². The highest BCUT2D eigenvalue weighted by Gasteiger charge is 2.27. The monoisotopic (exact) mass is 305 g/mol. The molecule has 110 valence electrons. The van der Waals surface area contributed by atoms with E-state index in [4.69, 9.17) is 0 Å². The number of nitrogens with zero attached hydrogens (tertiary/aromatic N) is 2. The van der Waals surface area contributed by atoms with Gasteiger partial charge in [-0.2, -0.15) is 13.2 Å². The molecule has 8 heteroatoms. The maximum atomic E-state index is 12.0. The third-order valence-corrected chi connectivity index (χ3v) is 3.75. The number of hydrogen-bond acceptors (Lipinski definition) is 5. The molecule has 2 heterocycles. The summed E-state index contributed by atoms with van der Waals surface area (Å²) in [6, 6.07) is 1.99. The van der Waals surface area contributed by atoms with Crippen molar-refractivity contribution in [2.45, 2.75) is 26.1 Å². The first-order chi connectivity index (χ1) is 9.43. The molecule has 0 spiro atoms. The summed E-state index contributed by atoms with van der Waals surface area (Å²) >= 11 is 1.51. The van der Waals surface area contributed by atoms with Gasteiger partial charge in [-0.25, -0.2) is 9.97 Å². The molecule has 2 aromatic rings. The third-order valence-electron chi connectivity index (χ3n) is 2.57. The van der Waals surface area contributed by atoms with Crippen LogP contribution in [0.3, 0.4) is 0 Å². The summed E-state index contributed by atoms with van der Waals surface area (Å²) in [6.07, 6.45) is -3.46. The number of rotatable bonds is 5. The summed E-state index contributed by atoms with van der Waals surface area (Å²) in [4.78, 5) is 10.3. The average Bonchev–Trinajstić information content (AvgIpc) is 2.79. The predicted octanol–water partition coefficient (Wildman–Crippen LogP) is 3.37. The van der Waals surface area contributed by atoms with E-state index in [2.05, 4.69) is 20.0 Å². The summed E-state index contributed by atoms with van der Waals surface area (Å²) in [5, 5.41) is 3.82. The minimum Gasteiger partial charge on any atom is -0.372 e. The van der Waals surface area contributed by atoms with Gasteiger partial charge in [0.1, 0.15) is 23.9 Å². The Labute approximate surface area is 118 Å². The standard InChI is InChI=1S/C12H14F3N3OS/c1-3-7-4-8-10(16-2)17-9(18-11(8)20-7)5-19-6-12(13,14)15/h4H,3,5-6H2,1-2H3,(H,16,17,18). The second kappa shape index (κ2) is 5.92. The first-order valence-corrected chi connectivity index (χ1v) is 6.86. The van der Waals surface area contributed by atoms with E-state index < -0.39 is 12.8 Å². The molecule has 0 aromatic carbocycles. The van der Waals surface area contributed by atoms with Crippen molar-refractivity contribution in [3.05, 3.63) is 16.8 Å². The highest BCUT2D eigenvalue weighted by atomic mass is 32.1. The van der Waals surface area contributed by atoms with Crippen molar-refractivity contribution in [1.29, 1.82) is 0 Å². The molecule has 0 unspecified atom stereocenters. The average molecular weight is 305 g/mol. The smallest absolute Gasteiger partial charge is 0.372 e. The quantitative estimate of drug-likeness (QED) is 0.920. The van der Waals surface area contributed by atoms with Crippen LogP contribution in [0.5, 0.6) is 0 Å². The molecule has 2 rings (SSSR count).